The fourth-order valence-electron chi connectivity index (χ4n) is 2.95. The number of benzene rings is 2. The van der Waals surface area contributed by atoms with Gasteiger partial charge in [-0.2, -0.15) is 0 Å². The first-order chi connectivity index (χ1) is 10.2. The Morgan fingerprint density at radius 2 is 1.76 bits per heavy atom. The smallest absolute Gasteiger partial charge is 0.163 e. The summed E-state index contributed by atoms with van der Waals surface area (Å²) in [6.07, 6.45) is 3.82. The van der Waals surface area contributed by atoms with Crippen LogP contribution in [-0.2, 0) is 0 Å². The Kier molecular flexibility index (Phi) is 4.02. The van der Waals surface area contributed by atoms with Crippen LogP contribution in [0.25, 0.3) is 0 Å². The molecule has 2 aromatic carbocycles. The molecule has 0 radical (unpaired) electrons. The maximum atomic E-state index is 14.0. The van der Waals surface area contributed by atoms with Gasteiger partial charge in [0.15, 0.2) is 11.6 Å². The number of nitrogens with one attached hydrogen (secondary N) is 1. The molecule has 0 spiro atoms. The zero-order valence-electron chi connectivity index (χ0n) is 12.1. The lowest BCUT2D eigenvalue weighted by Gasteiger charge is -2.26. The van der Waals surface area contributed by atoms with Crippen molar-refractivity contribution >= 4 is 0 Å². The normalized spacial score (nSPS) is 16.5. The fourth-order valence-corrected chi connectivity index (χ4v) is 2.95. The summed E-state index contributed by atoms with van der Waals surface area (Å²) in [6.45, 7) is 0. The molecule has 0 heterocycles. The van der Waals surface area contributed by atoms with Crippen LogP contribution in [0.3, 0.4) is 0 Å². The highest BCUT2D eigenvalue weighted by molar-refractivity contribution is 5.35. The van der Waals surface area contributed by atoms with Gasteiger partial charge in [0.05, 0.1) is 6.04 Å². The van der Waals surface area contributed by atoms with Gasteiger partial charge in [-0.05, 0) is 43.0 Å². The van der Waals surface area contributed by atoms with Crippen LogP contribution in [-0.4, -0.2) is 7.05 Å². The standard InChI is InChI=1S/C18H19F2N/c1-21-18(15-6-3-7-16(19)17(15)20)14-10-8-13(9-11-14)12-4-2-5-12/h3,6-12,18,21H,2,4-5H2,1H3. The Balaban J connectivity index is 1.90. The molecule has 0 aromatic heterocycles. The molecule has 1 fully saturated rings. The third kappa shape index (κ3) is 2.70. The minimum Gasteiger partial charge on any atom is -0.309 e. The molecule has 2 aromatic rings. The maximum Gasteiger partial charge on any atom is 0.163 e. The van der Waals surface area contributed by atoms with Crippen LogP contribution in [0, 0.1) is 11.6 Å². The highest BCUT2D eigenvalue weighted by Crippen LogP contribution is 2.37. The van der Waals surface area contributed by atoms with Gasteiger partial charge < -0.3 is 5.32 Å². The molecule has 1 aliphatic rings. The van der Waals surface area contributed by atoms with Crippen molar-refractivity contribution in [3.63, 3.8) is 0 Å². The second kappa shape index (κ2) is 5.94. The maximum absolute atomic E-state index is 14.0. The third-order valence-corrected chi connectivity index (χ3v) is 4.43. The molecule has 3 rings (SSSR count). The zero-order chi connectivity index (χ0) is 14.8. The summed E-state index contributed by atoms with van der Waals surface area (Å²) in [5.41, 5.74) is 2.64. The first kappa shape index (κ1) is 14.2. The van der Waals surface area contributed by atoms with Gasteiger partial charge in [-0.25, -0.2) is 8.78 Å². The molecule has 1 atom stereocenters. The molecular formula is C18H19F2N. The summed E-state index contributed by atoms with van der Waals surface area (Å²) < 4.78 is 27.4. The highest BCUT2D eigenvalue weighted by Gasteiger charge is 2.21. The molecule has 1 unspecified atom stereocenters. The monoisotopic (exact) mass is 287 g/mol. The van der Waals surface area contributed by atoms with Crippen molar-refractivity contribution < 1.29 is 8.78 Å². The number of hydrogen-bond acceptors (Lipinski definition) is 1. The molecule has 0 saturated heterocycles. The summed E-state index contributed by atoms with van der Waals surface area (Å²) in [4.78, 5) is 0. The quantitative estimate of drug-likeness (QED) is 0.870. The SMILES string of the molecule is CNC(c1ccc(C2CCC2)cc1)c1cccc(F)c1F. The molecular weight excluding hydrogens is 268 g/mol. The zero-order valence-corrected chi connectivity index (χ0v) is 12.1. The summed E-state index contributed by atoms with van der Waals surface area (Å²) in [5.74, 6) is -0.906. The third-order valence-electron chi connectivity index (χ3n) is 4.43. The second-order valence-corrected chi connectivity index (χ2v) is 5.66. The summed E-state index contributed by atoms with van der Waals surface area (Å²) in [7, 11) is 1.76. The molecule has 1 saturated carbocycles. The van der Waals surface area contributed by atoms with Crippen molar-refractivity contribution in [2.24, 2.45) is 0 Å². The van der Waals surface area contributed by atoms with Crippen LogP contribution < -0.4 is 5.32 Å². The van der Waals surface area contributed by atoms with Crippen LogP contribution in [0.4, 0.5) is 8.78 Å². The fraction of sp³-hybridized carbons (Fsp3) is 0.333. The van der Waals surface area contributed by atoms with Crippen molar-refractivity contribution in [2.45, 2.75) is 31.2 Å². The molecule has 1 N–H and O–H groups in total. The first-order valence-corrected chi connectivity index (χ1v) is 7.41. The Bertz CT molecular complexity index is 618. The lowest BCUT2D eigenvalue weighted by atomic mass is 9.79. The van der Waals surface area contributed by atoms with Gasteiger partial charge in [-0.15, -0.1) is 0 Å². The van der Waals surface area contributed by atoms with E-state index in [4.69, 9.17) is 0 Å². The van der Waals surface area contributed by atoms with Gasteiger partial charge >= 0.3 is 0 Å². The molecule has 1 aliphatic carbocycles. The topological polar surface area (TPSA) is 12.0 Å². The van der Waals surface area contributed by atoms with Crippen LogP contribution in [0.2, 0.25) is 0 Å². The van der Waals surface area contributed by atoms with Gasteiger partial charge in [0.2, 0.25) is 0 Å². The van der Waals surface area contributed by atoms with Gasteiger partial charge in [-0.1, -0.05) is 42.8 Å². The van der Waals surface area contributed by atoms with Crippen LogP contribution >= 0.6 is 0 Å². The van der Waals surface area contributed by atoms with Gasteiger partial charge in [0, 0.05) is 5.56 Å². The largest absolute Gasteiger partial charge is 0.309 e. The number of halogens is 2. The van der Waals surface area contributed by atoms with Crippen LogP contribution in [0.15, 0.2) is 42.5 Å². The van der Waals surface area contributed by atoms with Crippen molar-refractivity contribution in [3.8, 4) is 0 Å². The van der Waals surface area contributed by atoms with Crippen molar-refractivity contribution in [2.75, 3.05) is 7.05 Å². The van der Waals surface area contributed by atoms with E-state index < -0.39 is 11.6 Å². The predicted octanol–water partition coefficient (Wildman–Crippen LogP) is 4.54. The van der Waals surface area contributed by atoms with Crippen LogP contribution in [0.1, 0.15) is 47.9 Å². The minimum absolute atomic E-state index is 0.337. The molecule has 0 aliphatic heterocycles. The second-order valence-electron chi connectivity index (χ2n) is 5.66. The average molecular weight is 287 g/mol. The molecule has 0 amide bonds. The number of hydrogen-bond donors (Lipinski definition) is 1. The molecule has 110 valence electrons. The summed E-state index contributed by atoms with van der Waals surface area (Å²) >= 11 is 0. The van der Waals surface area contributed by atoms with Gasteiger partial charge in [0.1, 0.15) is 0 Å². The minimum atomic E-state index is -0.807. The van der Waals surface area contributed by atoms with E-state index in [0.717, 1.165) is 11.6 Å². The van der Waals surface area contributed by atoms with Crippen molar-refractivity contribution in [1.82, 2.24) is 5.32 Å². The Morgan fingerprint density at radius 3 is 2.33 bits per heavy atom. The highest BCUT2D eigenvalue weighted by atomic mass is 19.2. The first-order valence-electron chi connectivity index (χ1n) is 7.41. The van der Waals surface area contributed by atoms with Gasteiger partial charge in [-0.3, -0.25) is 0 Å². The van der Waals surface area contributed by atoms with E-state index in [-0.39, 0.29) is 6.04 Å². The lowest BCUT2D eigenvalue weighted by Crippen LogP contribution is -2.19. The lowest BCUT2D eigenvalue weighted by molar-refractivity contribution is 0.419. The van der Waals surface area contributed by atoms with E-state index in [1.54, 1.807) is 19.2 Å². The predicted molar refractivity (Wildman–Crippen MR) is 80.3 cm³/mol. The van der Waals surface area contributed by atoms with Crippen LogP contribution in [0.5, 0.6) is 0 Å². The van der Waals surface area contributed by atoms with E-state index in [0.29, 0.717) is 11.5 Å². The average Bonchev–Trinajstić information content (AvgIpc) is 2.44. The summed E-state index contributed by atoms with van der Waals surface area (Å²) in [6, 6.07) is 12.2. The van der Waals surface area contributed by atoms with E-state index >= 15 is 0 Å². The Hall–Kier alpha value is -1.74. The van der Waals surface area contributed by atoms with Crippen molar-refractivity contribution in [1.29, 1.82) is 0 Å². The van der Waals surface area contributed by atoms with Gasteiger partial charge in [0.25, 0.3) is 0 Å². The molecule has 21 heavy (non-hydrogen) atoms. The molecule has 3 heteroatoms. The number of rotatable bonds is 4. The van der Waals surface area contributed by atoms with E-state index in [9.17, 15) is 8.78 Å². The molecule has 1 nitrogen and oxygen atoms in total. The van der Waals surface area contributed by atoms with Crippen molar-refractivity contribution in [3.05, 3.63) is 70.8 Å². The van der Waals surface area contributed by atoms with E-state index in [1.165, 1.54) is 24.8 Å². The van der Waals surface area contributed by atoms with E-state index in [2.05, 4.69) is 17.4 Å². The summed E-state index contributed by atoms with van der Waals surface area (Å²) in [5, 5.41) is 3.07. The Morgan fingerprint density at radius 1 is 1.05 bits per heavy atom. The molecule has 0 bridgehead atoms. The Labute approximate surface area is 124 Å². The van der Waals surface area contributed by atoms with E-state index in [1.807, 2.05) is 12.1 Å².